The van der Waals surface area contributed by atoms with Gasteiger partial charge in [-0.15, -0.1) is 0 Å². The van der Waals surface area contributed by atoms with Crippen LogP contribution in [0.3, 0.4) is 0 Å². The molecule has 1 aliphatic carbocycles. The van der Waals surface area contributed by atoms with E-state index in [1.165, 1.54) is 38.1 Å². The lowest BCUT2D eigenvalue weighted by Crippen LogP contribution is -2.44. The van der Waals surface area contributed by atoms with Crippen LogP contribution >= 0.6 is 0 Å². The lowest BCUT2D eigenvalue weighted by molar-refractivity contribution is 0.116. The Hall–Kier alpha value is -0.870. The third-order valence-corrected chi connectivity index (χ3v) is 4.03. The minimum atomic E-state index is 0.447. The number of nitrogens with zero attached hydrogens (tertiary/aromatic N) is 3. The lowest BCUT2D eigenvalue weighted by atomic mass is 9.90. The Labute approximate surface area is 96.4 Å². The first-order chi connectivity index (χ1) is 7.83. The van der Waals surface area contributed by atoms with Gasteiger partial charge in [-0.1, -0.05) is 0 Å². The number of hydrogen-bond donors (Lipinski definition) is 1. The van der Waals surface area contributed by atoms with Gasteiger partial charge in [-0.25, -0.2) is 4.98 Å². The van der Waals surface area contributed by atoms with Gasteiger partial charge in [0.25, 0.3) is 0 Å². The summed E-state index contributed by atoms with van der Waals surface area (Å²) in [4.78, 5) is 7.00. The van der Waals surface area contributed by atoms with Crippen LogP contribution in [-0.4, -0.2) is 33.1 Å². The number of imidazole rings is 1. The van der Waals surface area contributed by atoms with E-state index >= 15 is 0 Å². The summed E-state index contributed by atoms with van der Waals surface area (Å²) in [5.74, 6) is 1.22. The molecule has 2 aliphatic rings. The van der Waals surface area contributed by atoms with Crippen LogP contribution in [0.25, 0.3) is 0 Å². The second kappa shape index (κ2) is 4.18. The average molecular weight is 220 g/mol. The summed E-state index contributed by atoms with van der Waals surface area (Å²) in [6, 6.07) is 1.19. The Morgan fingerprint density at radius 1 is 1.19 bits per heavy atom. The highest BCUT2D eigenvalue weighted by molar-refractivity contribution is 4.97. The number of rotatable bonds is 1. The highest BCUT2D eigenvalue weighted by atomic mass is 15.2. The van der Waals surface area contributed by atoms with E-state index in [4.69, 9.17) is 5.73 Å². The van der Waals surface area contributed by atoms with E-state index in [1.807, 2.05) is 6.20 Å². The molecule has 1 aliphatic heterocycles. The number of hydrogen-bond acceptors (Lipinski definition) is 3. The number of nitrogens with two attached hydrogens (primary N) is 1. The summed E-state index contributed by atoms with van der Waals surface area (Å²) in [7, 11) is 0. The van der Waals surface area contributed by atoms with Crippen molar-refractivity contribution in [2.24, 2.45) is 5.73 Å². The molecule has 0 radical (unpaired) electrons. The van der Waals surface area contributed by atoms with Gasteiger partial charge in [0.1, 0.15) is 5.82 Å². The van der Waals surface area contributed by atoms with Crippen LogP contribution in [0.5, 0.6) is 0 Å². The summed E-state index contributed by atoms with van der Waals surface area (Å²) < 4.78 is 2.27. The molecule has 1 aromatic rings. The fraction of sp³-hybridized carbons (Fsp3) is 0.750. The molecule has 1 fully saturated rings. The highest BCUT2D eigenvalue weighted by Gasteiger charge is 2.27. The van der Waals surface area contributed by atoms with Crippen LogP contribution in [0.1, 0.15) is 31.5 Å². The van der Waals surface area contributed by atoms with Gasteiger partial charge in [-0.3, -0.25) is 4.90 Å². The van der Waals surface area contributed by atoms with Crippen molar-refractivity contribution in [2.75, 3.05) is 6.54 Å². The Morgan fingerprint density at radius 2 is 2.00 bits per heavy atom. The second-order valence-electron chi connectivity index (χ2n) is 5.08. The van der Waals surface area contributed by atoms with E-state index in [-0.39, 0.29) is 0 Å². The van der Waals surface area contributed by atoms with Crippen molar-refractivity contribution in [3.05, 3.63) is 18.2 Å². The summed E-state index contributed by atoms with van der Waals surface area (Å²) in [6.45, 7) is 3.29. The molecule has 2 heterocycles. The Bertz CT molecular complexity index is 352. The normalized spacial score (nSPS) is 31.3. The first kappa shape index (κ1) is 10.3. The van der Waals surface area contributed by atoms with Crippen molar-refractivity contribution >= 4 is 0 Å². The Balaban J connectivity index is 1.65. The minimum absolute atomic E-state index is 0.447. The summed E-state index contributed by atoms with van der Waals surface area (Å²) in [5, 5.41) is 0. The van der Waals surface area contributed by atoms with Crippen molar-refractivity contribution in [3.8, 4) is 0 Å². The quantitative estimate of drug-likeness (QED) is 0.767. The maximum absolute atomic E-state index is 5.95. The fourth-order valence-electron chi connectivity index (χ4n) is 2.97. The lowest BCUT2D eigenvalue weighted by Gasteiger charge is -2.38. The maximum atomic E-state index is 5.95. The average Bonchev–Trinajstić information content (AvgIpc) is 2.77. The van der Waals surface area contributed by atoms with E-state index in [2.05, 4.69) is 20.6 Å². The molecule has 2 N–H and O–H groups in total. The second-order valence-corrected chi connectivity index (χ2v) is 5.08. The summed E-state index contributed by atoms with van der Waals surface area (Å²) >= 11 is 0. The zero-order chi connectivity index (χ0) is 11.0. The molecule has 0 atom stereocenters. The topological polar surface area (TPSA) is 47.1 Å². The van der Waals surface area contributed by atoms with Crippen LogP contribution in [0.4, 0.5) is 0 Å². The van der Waals surface area contributed by atoms with Crippen molar-refractivity contribution in [1.29, 1.82) is 0 Å². The van der Waals surface area contributed by atoms with Gasteiger partial charge in [0.15, 0.2) is 0 Å². The van der Waals surface area contributed by atoms with Crippen molar-refractivity contribution < 1.29 is 0 Å². The molecule has 0 aromatic carbocycles. The van der Waals surface area contributed by atoms with E-state index in [1.54, 1.807) is 0 Å². The number of aromatic nitrogens is 2. The van der Waals surface area contributed by atoms with Crippen LogP contribution in [0.2, 0.25) is 0 Å². The SMILES string of the molecule is NC1CCC(N2CCn3ccnc3C2)CC1. The van der Waals surface area contributed by atoms with E-state index in [0.717, 1.165) is 19.1 Å². The molecule has 1 saturated carbocycles. The predicted octanol–water partition coefficient (Wildman–Crippen LogP) is 0.969. The Morgan fingerprint density at radius 3 is 2.81 bits per heavy atom. The monoisotopic (exact) mass is 220 g/mol. The van der Waals surface area contributed by atoms with Crippen LogP contribution in [0.15, 0.2) is 12.4 Å². The van der Waals surface area contributed by atoms with E-state index in [0.29, 0.717) is 6.04 Å². The molecule has 88 valence electrons. The molecule has 3 rings (SSSR count). The molecule has 0 bridgehead atoms. The van der Waals surface area contributed by atoms with Gasteiger partial charge in [0.2, 0.25) is 0 Å². The molecule has 0 spiro atoms. The minimum Gasteiger partial charge on any atom is -0.333 e. The van der Waals surface area contributed by atoms with Crippen LogP contribution in [0, 0.1) is 0 Å². The Kier molecular flexibility index (Phi) is 2.69. The van der Waals surface area contributed by atoms with E-state index < -0.39 is 0 Å². The predicted molar refractivity (Wildman–Crippen MR) is 62.9 cm³/mol. The maximum Gasteiger partial charge on any atom is 0.122 e. The molecule has 4 nitrogen and oxygen atoms in total. The van der Waals surface area contributed by atoms with Crippen molar-refractivity contribution in [1.82, 2.24) is 14.5 Å². The highest BCUT2D eigenvalue weighted by Crippen LogP contribution is 2.24. The van der Waals surface area contributed by atoms with Gasteiger partial charge in [0, 0.05) is 37.6 Å². The molecule has 0 saturated heterocycles. The summed E-state index contributed by atoms with van der Waals surface area (Å²) in [5.41, 5.74) is 5.95. The molecular formula is C12H20N4. The zero-order valence-corrected chi connectivity index (χ0v) is 9.68. The standard InChI is InChI=1S/C12H20N4/c13-10-1-3-11(4-2-10)16-8-7-15-6-5-14-12(15)9-16/h5-6,10-11H,1-4,7-9,13H2. The van der Waals surface area contributed by atoms with Crippen molar-refractivity contribution in [3.63, 3.8) is 0 Å². The fourth-order valence-corrected chi connectivity index (χ4v) is 2.97. The molecule has 0 unspecified atom stereocenters. The summed E-state index contributed by atoms with van der Waals surface area (Å²) in [6.07, 6.45) is 8.91. The third-order valence-electron chi connectivity index (χ3n) is 4.03. The van der Waals surface area contributed by atoms with Gasteiger partial charge >= 0.3 is 0 Å². The molecular weight excluding hydrogens is 200 g/mol. The van der Waals surface area contributed by atoms with Crippen LogP contribution in [-0.2, 0) is 13.1 Å². The van der Waals surface area contributed by atoms with Crippen molar-refractivity contribution in [2.45, 2.75) is 50.9 Å². The molecule has 0 amide bonds. The number of fused-ring (bicyclic) bond motifs is 1. The van der Waals surface area contributed by atoms with Gasteiger partial charge in [-0.05, 0) is 25.7 Å². The largest absolute Gasteiger partial charge is 0.333 e. The van der Waals surface area contributed by atoms with Gasteiger partial charge < -0.3 is 10.3 Å². The van der Waals surface area contributed by atoms with E-state index in [9.17, 15) is 0 Å². The van der Waals surface area contributed by atoms with Gasteiger partial charge in [-0.2, -0.15) is 0 Å². The molecule has 1 aromatic heterocycles. The van der Waals surface area contributed by atoms with Crippen LogP contribution < -0.4 is 5.73 Å². The molecule has 4 heteroatoms. The first-order valence-corrected chi connectivity index (χ1v) is 6.32. The smallest absolute Gasteiger partial charge is 0.122 e. The molecule has 16 heavy (non-hydrogen) atoms. The zero-order valence-electron chi connectivity index (χ0n) is 9.68. The first-order valence-electron chi connectivity index (χ1n) is 6.32. The van der Waals surface area contributed by atoms with Gasteiger partial charge in [0.05, 0.1) is 6.54 Å². The third kappa shape index (κ3) is 1.87.